The van der Waals surface area contributed by atoms with Crippen molar-refractivity contribution in [2.75, 3.05) is 32.8 Å². The van der Waals surface area contributed by atoms with E-state index in [2.05, 4.69) is 24.1 Å². The number of esters is 1. The molecule has 0 spiro atoms. The van der Waals surface area contributed by atoms with Gasteiger partial charge < -0.3 is 10.1 Å². The zero-order chi connectivity index (χ0) is 15.3. The third kappa shape index (κ3) is 3.78. The number of nitrogens with zero attached hydrogens (tertiary/aromatic N) is 1. The molecule has 4 heteroatoms. The molecular formula is C17H32N2O2. The average molecular weight is 296 g/mol. The van der Waals surface area contributed by atoms with E-state index in [0.717, 1.165) is 51.9 Å². The van der Waals surface area contributed by atoms with Crippen LogP contribution in [-0.4, -0.2) is 49.2 Å². The summed E-state index contributed by atoms with van der Waals surface area (Å²) in [7, 11) is 0. The standard InChI is InChI=1S/C17H32N2O2/c1-4-21-16(20)17(19-11-6-9-18-10-12-19)8-5-7-15(13-17)14(2)3/h14-15,18H,4-13H2,1-3H3. The van der Waals surface area contributed by atoms with Gasteiger partial charge in [0, 0.05) is 19.6 Å². The normalized spacial score (nSPS) is 31.9. The second-order valence-corrected chi connectivity index (χ2v) is 6.94. The van der Waals surface area contributed by atoms with Crippen LogP contribution in [0.4, 0.5) is 0 Å². The van der Waals surface area contributed by atoms with E-state index in [0.29, 0.717) is 18.4 Å². The lowest BCUT2D eigenvalue weighted by Gasteiger charge is -2.47. The summed E-state index contributed by atoms with van der Waals surface area (Å²) >= 11 is 0. The first kappa shape index (κ1) is 16.8. The van der Waals surface area contributed by atoms with Crippen molar-refractivity contribution in [1.29, 1.82) is 0 Å². The van der Waals surface area contributed by atoms with Gasteiger partial charge in [-0.25, -0.2) is 0 Å². The van der Waals surface area contributed by atoms with Crippen LogP contribution in [0.15, 0.2) is 0 Å². The van der Waals surface area contributed by atoms with E-state index >= 15 is 0 Å². The summed E-state index contributed by atoms with van der Waals surface area (Å²) in [5, 5.41) is 3.44. The van der Waals surface area contributed by atoms with Crippen LogP contribution in [0, 0.1) is 11.8 Å². The van der Waals surface area contributed by atoms with Crippen LogP contribution in [0.1, 0.15) is 52.9 Å². The van der Waals surface area contributed by atoms with Gasteiger partial charge in [-0.05, 0) is 44.6 Å². The third-order valence-electron chi connectivity index (χ3n) is 5.31. The van der Waals surface area contributed by atoms with E-state index < -0.39 is 0 Å². The van der Waals surface area contributed by atoms with E-state index in [1.54, 1.807) is 0 Å². The fourth-order valence-corrected chi connectivity index (χ4v) is 4.00. The highest BCUT2D eigenvalue weighted by molar-refractivity contribution is 5.81. The SMILES string of the molecule is CCOC(=O)C1(N2CCCNCC2)CCCC(C(C)C)C1. The lowest BCUT2D eigenvalue weighted by molar-refractivity contribution is -0.162. The molecule has 21 heavy (non-hydrogen) atoms. The molecule has 2 unspecified atom stereocenters. The van der Waals surface area contributed by atoms with Crippen molar-refractivity contribution in [2.24, 2.45) is 11.8 Å². The predicted octanol–water partition coefficient (Wildman–Crippen LogP) is 2.43. The highest BCUT2D eigenvalue weighted by Crippen LogP contribution is 2.41. The van der Waals surface area contributed by atoms with Crippen LogP contribution in [-0.2, 0) is 9.53 Å². The predicted molar refractivity (Wildman–Crippen MR) is 85.2 cm³/mol. The molecule has 1 aliphatic carbocycles. The molecule has 2 atom stereocenters. The second-order valence-electron chi connectivity index (χ2n) is 6.94. The van der Waals surface area contributed by atoms with Crippen molar-refractivity contribution in [3.05, 3.63) is 0 Å². The van der Waals surface area contributed by atoms with E-state index in [1.807, 2.05) is 6.92 Å². The molecular weight excluding hydrogens is 264 g/mol. The number of nitrogens with one attached hydrogen (secondary N) is 1. The summed E-state index contributed by atoms with van der Waals surface area (Å²) in [5.41, 5.74) is -0.366. The molecule has 0 amide bonds. The van der Waals surface area contributed by atoms with Gasteiger partial charge in [0.15, 0.2) is 0 Å². The topological polar surface area (TPSA) is 41.6 Å². The van der Waals surface area contributed by atoms with Crippen LogP contribution in [0.2, 0.25) is 0 Å². The zero-order valence-corrected chi connectivity index (χ0v) is 14.0. The minimum Gasteiger partial charge on any atom is -0.465 e. The maximum atomic E-state index is 12.8. The number of hydrogen-bond acceptors (Lipinski definition) is 4. The Balaban J connectivity index is 2.22. The molecule has 2 aliphatic rings. The van der Waals surface area contributed by atoms with Crippen LogP contribution in [0.25, 0.3) is 0 Å². The molecule has 4 nitrogen and oxygen atoms in total. The molecule has 0 radical (unpaired) electrons. The number of hydrogen-bond donors (Lipinski definition) is 1. The fraction of sp³-hybridized carbons (Fsp3) is 0.941. The van der Waals surface area contributed by atoms with Gasteiger partial charge in [-0.1, -0.05) is 26.7 Å². The van der Waals surface area contributed by atoms with Crippen molar-refractivity contribution in [3.63, 3.8) is 0 Å². The lowest BCUT2D eigenvalue weighted by atomic mass is 9.70. The summed E-state index contributed by atoms with van der Waals surface area (Å²) in [4.78, 5) is 15.2. The molecule has 0 aromatic heterocycles. The van der Waals surface area contributed by atoms with Gasteiger partial charge >= 0.3 is 5.97 Å². The van der Waals surface area contributed by atoms with E-state index in [9.17, 15) is 4.79 Å². The van der Waals surface area contributed by atoms with E-state index in [1.165, 1.54) is 6.42 Å². The van der Waals surface area contributed by atoms with Gasteiger partial charge in [-0.2, -0.15) is 0 Å². The lowest BCUT2D eigenvalue weighted by Crippen LogP contribution is -2.59. The summed E-state index contributed by atoms with van der Waals surface area (Å²) in [5.74, 6) is 1.31. The minimum absolute atomic E-state index is 0.0252. The molecule has 1 N–H and O–H groups in total. The summed E-state index contributed by atoms with van der Waals surface area (Å²) in [6.45, 7) is 11.0. The van der Waals surface area contributed by atoms with Gasteiger partial charge in [-0.15, -0.1) is 0 Å². The number of rotatable bonds is 4. The monoisotopic (exact) mass is 296 g/mol. The molecule has 0 aromatic carbocycles. The Morgan fingerprint density at radius 3 is 2.86 bits per heavy atom. The molecule has 2 fully saturated rings. The van der Waals surface area contributed by atoms with Crippen molar-refractivity contribution < 1.29 is 9.53 Å². The second kappa shape index (κ2) is 7.59. The van der Waals surface area contributed by atoms with Crippen molar-refractivity contribution in [2.45, 2.75) is 58.4 Å². The molecule has 1 heterocycles. The maximum Gasteiger partial charge on any atom is 0.326 e. The van der Waals surface area contributed by atoms with Gasteiger partial charge in [-0.3, -0.25) is 9.69 Å². The van der Waals surface area contributed by atoms with Crippen LogP contribution < -0.4 is 5.32 Å². The van der Waals surface area contributed by atoms with Crippen molar-refractivity contribution in [3.8, 4) is 0 Å². The zero-order valence-electron chi connectivity index (χ0n) is 14.0. The Morgan fingerprint density at radius 1 is 1.33 bits per heavy atom. The maximum absolute atomic E-state index is 12.8. The fourth-order valence-electron chi connectivity index (χ4n) is 4.00. The van der Waals surface area contributed by atoms with Crippen molar-refractivity contribution in [1.82, 2.24) is 10.2 Å². The van der Waals surface area contributed by atoms with Gasteiger partial charge in [0.2, 0.25) is 0 Å². The Bertz CT molecular complexity index is 338. The van der Waals surface area contributed by atoms with Crippen molar-refractivity contribution >= 4 is 5.97 Å². The Morgan fingerprint density at radius 2 is 2.14 bits per heavy atom. The molecule has 0 aromatic rings. The Labute approximate surface area is 129 Å². The van der Waals surface area contributed by atoms with Crippen LogP contribution in [0.3, 0.4) is 0 Å². The number of carbonyl (C=O) groups excluding carboxylic acids is 1. The largest absolute Gasteiger partial charge is 0.465 e. The smallest absolute Gasteiger partial charge is 0.326 e. The highest BCUT2D eigenvalue weighted by Gasteiger charge is 2.48. The molecule has 122 valence electrons. The van der Waals surface area contributed by atoms with Crippen LogP contribution in [0.5, 0.6) is 0 Å². The molecule has 0 bridgehead atoms. The molecule has 1 aliphatic heterocycles. The van der Waals surface area contributed by atoms with E-state index in [-0.39, 0.29) is 11.5 Å². The molecule has 1 saturated heterocycles. The highest BCUT2D eigenvalue weighted by atomic mass is 16.5. The quantitative estimate of drug-likeness (QED) is 0.809. The average Bonchev–Trinajstić information content (AvgIpc) is 2.77. The number of ether oxygens (including phenoxy) is 1. The Hall–Kier alpha value is -0.610. The first-order valence-corrected chi connectivity index (χ1v) is 8.73. The van der Waals surface area contributed by atoms with Crippen LogP contribution >= 0.6 is 0 Å². The van der Waals surface area contributed by atoms with Gasteiger partial charge in [0.05, 0.1) is 6.61 Å². The Kier molecular flexibility index (Phi) is 6.06. The summed E-state index contributed by atoms with van der Waals surface area (Å²) in [6, 6.07) is 0. The molecule has 1 saturated carbocycles. The minimum atomic E-state index is -0.366. The summed E-state index contributed by atoms with van der Waals surface area (Å²) in [6.07, 6.45) is 5.46. The third-order valence-corrected chi connectivity index (χ3v) is 5.31. The van der Waals surface area contributed by atoms with Gasteiger partial charge in [0.1, 0.15) is 5.54 Å². The summed E-state index contributed by atoms with van der Waals surface area (Å²) < 4.78 is 5.51. The molecule has 2 rings (SSSR count). The van der Waals surface area contributed by atoms with Gasteiger partial charge in [0.25, 0.3) is 0 Å². The first-order chi connectivity index (χ1) is 10.1. The van der Waals surface area contributed by atoms with E-state index in [4.69, 9.17) is 4.74 Å². The first-order valence-electron chi connectivity index (χ1n) is 8.73. The number of carbonyl (C=O) groups is 1.